The van der Waals surface area contributed by atoms with Crippen molar-refractivity contribution in [2.75, 3.05) is 51.9 Å². The summed E-state index contributed by atoms with van der Waals surface area (Å²) in [5, 5.41) is 13.2. The molecule has 1 atom stereocenters. The smallest absolute Gasteiger partial charge is 0.173 e. The van der Waals surface area contributed by atoms with Gasteiger partial charge in [0.25, 0.3) is 0 Å². The molecule has 0 radical (unpaired) electrons. The molecule has 1 saturated heterocycles. The average Bonchev–Trinajstić information content (AvgIpc) is 3.28. The van der Waals surface area contributed by atoms with Gasteiger partial charge in [-0.05, 0) is 46.3 Å². The minimum atomic E-state index is -0.126. The number of nitrogens with zero attached hydrogens (tertiary/aromatic N) is 6. The van der Waals surface area contributed by atoms with E-state index in [0.29, 0.717) is 18.2 Å². The number of ether oxygens (including phenoxy) is 2. The van der Waals surface area contributed by atoms with Crippen molar-refractivity contribution in [1.82, 2.24) is 25.1 Å². The highest BCUT2D eigenvalue weighted by Crippen LogP contribution is 2.33. The van der Waals surface area contributed by atoms with Crippen molar-refractivity contribution < 1.29 is 9.47 Å². The van der Waals surface area contributed by atoms with E-state index in [2.05, 4.69) is 43.5 Å². The molecule has 0 spiro atoms. The number of piperazine rings is 1. The summed E-state index contributed by atoms with van der Waals surface area (Å²) in [6, 6.07) is 16.0. The van der Waals surface area contributed by atoms with Gasteiger partial charge in [0.2, 0.25) is 0 Å². The minimum absolute atomic E-state index is 0.126. The third-order valence-corrected chi connectivity index (χ3v) is 5.97. The van der Waals surface area contributed by atoms with Gasteiger partial charge in [-0.3, -0.25) is 4.90 Å². The Morgan fingerprint density at radius 3 is 2.42 bits per heavy atom. The first-order chi connectivity index (χ1) is 15.2. The Bertz CT molecular complexity index is 972. The first-order valence-electron chi connectivity index (χ1n) is 10.3. The molecule has 2 heterocycles. The van der Waals surface area contributed by atoms with E-state index in [1.807, 2.05) is 35.0 Å². The average molecular weight is 443 g/mol. The molecule has 4 rings (SSSR count). The van der Waals surface area contributed by atoms with Crippen molar-refractivity contribution in [3.05, 3.63) is 64.9 Å². The second kappa shape index (κ2) is 10.1. The quantitative estimate of drug-likeness (QED) is 0.531. The topological polar surface area (TPSA) is 68.5 Å². The Kier molecular flexibility index (Phi) is 7.01. The Hall–Kier alpha value is -2.68. The number of aromatic nitrogens is 4. The molecular formula is C22H27ClN6O2. The standard InChI is InChI=1S/C22H27ClN6O2/c1-30-16-15-29-22(24-25-26-29)21(19-5-3-4-6-20(19)23)28-13-11-27(12-14-28)17-7-9-18(31-2)10-8-17/h3-10,21H,11-16H2,1-2H3/t21-/m0/s1. The minimum Gasteiger partial charge on any atom is -0.497 e. The van der Waals surface area contributed by atoms with Crippen molar-refractivity contribution >= 4 is 17.3 Å². The van der Waals surface area contributed by atoms with Gasteiger partial charge in [-0.1, -0.05) is 29.8 Å². The van der Waals surface area contributed by atoms with Gasteiger partial charge in [-0.15, -0.1) is 5.10 Å². The number of hydrogen-bond donors (Lipinski definition) is 0. The van der Waals surface area contributed by atoms with Crippen LogP contribution in [0.5, 0.6) is 5.75 Å². The van der Waals surface area contributed by atoms with E-state index in [4.69, 9.17) is 21.1 Å². The zero-order valence-corrected chi connectivity index (χ0v) is 18.6. The predicted octanol–water partition coefficient (Wildman–Crippen LogP) is 2.89. The fourth-order valence-corrected chi connectivity index (χ4v) is 4.21. The zero-order chi connectivity index (χ0) is 21.6. The van der Waals surface area contributed by atoms with Crippen LogP contribution in [-0.2, 0) is 11.3 Å². The molecule has 0 N–H and O–H groups in total. The molecule has 164 valence electrons. The first-order valence-corrected chi connectivity index (χ1v) is 10.7. The van der Waals surface area contributed by atoms with E-state index in [1.165, 1.54) is 5.69 Å². The van der Waals surface area contributed by atoms with Crippen LogP contribution >= 0.6 is 11.6 Å². The maximum atomic E-state index is 6.61. The fraction of sp³-hybridized carbons (Fsp3) is 0.409. The monoisotopic (exact) mass is 442 g/mol. The number of rotatable bonds is 8. The van der Waals surface area contributed by atoms with E-state index in [9.17, 15) is 0 Å². The van der Waals surface area contributed by atoms with Crippen molar-refractivity contribution in [3.8, 4) is 5.75 Å². The number of benzene rings is 2. The third-order valence-electron chi connectivity index (χ3n) is 5.63. The van der Waals surface area contributed by atoms with Crippen LogP contribution in [0.25, 0.3) is 0 Å². The van der Waals surface area contributed by atoms with E-state index in [-0.39, 0.29) is 6.04 Å². The Balaban J connectivity index is 1.57. The highest BCUT2D eigenvalue weighted by atomic mass is 35.5. The zero-order valence-electron chi connectivity index (χ0n) is 17.8. The predicted molar refractivity (Wildman–Crippen MR) is 120 cm³/mol. The van der Waals surface area contributed by atoms with Gasteiger partial charge in [0.05, 0.1) is 26.3 Å². The van der Waals surface area contributed by atoms with E-state index >= 15 is 0 Å². The molecule has 0 unspecified atom stereocenters. The lowest BCUT2D eigenvalue weighted by molar-refractivity contribution is 0.172. The van der Waals surface area contributed by atoms with Gasteiger partial charge in [-0.25, -0.2) is 4.68 Å². The maximum absolute atomic E-state index is 6.61. The molecule has 1 aliphatic heterocycles. The van der Waals surface area contributed by atoms with Crippen LogP contribution < -0.4 is 9.64 Å². The molecule has 0 bridgehead atoms. The first kappa shape index (κ1) is 21.5. The normalized spacial score (nSPS) is 15.8. The van der Waals surface area contributed by atoms with Crippen molar-refractivity contribution in [2.24, 2.45) is 0 Å². The number of anilines is 1. The van der Waals surface area contributed by atoms with Gasteiger partial charge < -0.3 is 14.4 Å². The largest absolute Gasteiger partial charge is 0.497 e. The lowest BCUT2D eigenvalue weighted by atomic mass is 10.0. The summed E-state index contributed by atoms with van der Waals surface area (Å²) in [7, 11) is 3.36. The molecule has 0 aliphatic carbocycles. The third kappa shape index (κ3) is 4.81. The number of hydrogen-bond acceptors (Lipinski definition) is 7. The molecule has 0 saturated carbocycles. The second-order valence-electron chi connectivity index (χ2n) is 7.40. The van der Waals surface area contributed by atoms with Gasteiger partial charge in [0.1, 0.15) is 5.75 Å². The van der Waals surface area contributed by atoms with Gasteiger partial charge in [-0.2, -0.15) is 0 Å². The highest BCUT2D eigenvalue weighted by molar-refractivity contribution is 6.31. The molecule has 8 nitrogen and oxygen atoms in total. The second-order valence-corrected chi connectivity index (χ2v) is 7.81. The summed E-state index contributed by atoms with van der Waals surface area (Å²) in [5.41, 5.74) is 2.20. The van der Waals surface area contributed by atoms with Crippen LogP contribution in [0.1, 0.15) is 17.4 Å². The van der Waals surface area contributed by atoms with Crippen LogP contribution in [0.4, 0.5) is 5.69 Å². The fourth-order valence-electron chi connectivity index (χ4n) is 3.97. The van der Waals surface area contributed by atoms with Crippen molar-refractivity contribution in [3.63, 3.8) is 0 Å². The Morgan fingerprint density at radius 1 is 1.00 bits per heavy atom. The molecule has 0 amide bonds. The molecule has 2 aromatic carbocycles. The summed E-state index contributed by atoms with van der Waals surface area (Å²) in [6.07, 6.45) is 0. The van der Waals surface area contributed by atoms with Crippen LogP contribution in [0.15, 0.2) is 48.5 Å². The molecular weight excluding hydrogens is 416 g/mol. The maximum Gasteiger partial charge on any atom is 0.173 e. The molecule has 9 heteroatoms. The van der Waals surface area contributed by atoms with Gasteiger partial charge in [0.15, 0.2) is 5.82 Å². The molecule has 3 aromatic rings. The van der Waals surface area contributed by atoms with Crippen LogP contribution in [0, 0.1) is 0 Å². The van der Waals surface area contributed by atoms with E-state index in [0.717, 1.165) is 43.3 Å². The van der Waals surface area contributed by atoms with Crippen molar-refractivity contribution in [2.45, 2.75) is 12.6 Å². The summed E-state index contributed by atoms with van der Waals surface area (Å²) in [4.78, 5) is 4.78. The lowest BCUT2D eigenvalue weighted by Crippen LogP contribution is -2.48. The summed E-state index contributed by atoms with van der Waals surface area (Å²) >= 11 is 6.61. The SMILES string of the molecule is COCCn1nnnc1[C@H](c1ccccc1Cl)N1CCN(c2ccc(OC)cc2)CC1. The van der Waals surface area contributed by atoms with E-state index < -0.39 is 0 Å². The number of methoxy groups -OCH3 is 2. The van der Waals surface area contributed by atoms with Crippen LogP contribution in [0.3, 0.4) is 0 Å². The lowest BCUT2D eigenvalue weighted by Gasteiger charge is -2.40. The molecule has 1 fully saturated rings. The molecule has 31 heavy (non-hydrogen) atoms. The van der Waals surface area contributed by atoms with Gasteiger partial charge in [0, 0.05) is 44.0 Å². The Morgan fingerprint density at radius 2 is 1.74 bits per heavy atom. The van der Waals surface area contributed by atoms with Crippen LogP contribution in [-0.4, -0.2) is 72.1 Å². The summed E-state index contributed by atoms with van der Waals surface area (Å²) < 4.78 is 12.3. The van der Waals surface area contributed by atoms with Crippen molar-refractivity contribution in [1.29, 1.82) is 0 Å². The number of tetrazole rings is 1. The Labute approximate surface area is 187 Å². The summed E-state index contributed by atoms with van der Waals surface area (Å²) in [5.74, 6) is 1.65. The summed E-state index contributed by atoms with van der Waals surface area (Å²) in [6.45, 7) is 4.64. The molecule has 1 aliphatic rings. The number of halogens is 1. The van der Waals surface area contributed by atoms with E-state index in [1.54, 1.807) is 14.2 Å². The highest BCUT2D eigenvalue weighted by Gasteiger charge is 2.31. The molecule has 1 aromatic heterocycles. The van der Waals surface area contributed by atoms with Gasteiger partial charge >= 0.3 is 0 Å². The van der Waals surface area contributed by atoms with Crippen LogP contribution in [0.2, 0.25) is 5.02 Å².